The third-order valence-corrected chi connectivity index (χ3v) is 3.33. The van der Waals surface area contributed by atoms with Crippen molar-refractivity contribution in [2.45, 2.75) is 31.8 Å². The Labute approximate surface area is 104 Å². The summed E-state index contributed by atoms with van der Waals surface area (Å²) in [5.41, 5.74) is 0.0230. The molecule has 0 aliphatic carbocycles. The molecule has 1 unspecified atom stereocenters. The van der Waals surface area contributed by atoms with Gasteiger partial charge in [0.05, 0.1) is 6.42 Å². The Balaban J connectivity index is 2.10. The minimum absolute atomic E-state index is 0.0230. The van der Waals surface area contributed by atoms with E-state index >= 15 is 0 Å². The number of aliphatic carboxylic acids is 1. The Hall–Kier alpha value is -1.49. The monoisotopic (exact) mass is 255 g/mol. The number of hydrogen-bond acceptors (Lipinski definition) is 2. The van der Waals surface area contributed by atoms with Crippen molar-refractivity contribution in [3.8, 4) is 0 Å². The Kier molecular flexibility index (Phi) is 3.91. The van der Waals surface area contributed by atoms with E-state index in [1.807, 2.05) is 4.90 Å². The van der Waals surface area contributed by atoms with Crippen LogP contribution >= 0.6 is 0 Å². The third-order valence-electron chi connectivity index (χ3n) is 3.33. The van der Waals surface area contributed by atoms with Crippen molar-refractivity contribution in [3.05, 3.63) is 35.4 Å². The van der Waals surface area contributed by atoms with Gasteiger partial charge in [-0.25, -0.2) is 8.78 Å². The predicted octanol–water partition coefficient (Wildman–Crippen LogP) is 2.40. The van der Waals surface area contributed by atoms with E-state index in [0.717, 1.165) is 12.8 Å². The maximum absolute atomic E-state index is 13.5. The first kappa shape index (κ1) is 13.0. The smallest absolute Gasteiger partial charge is 0.304 e. The molecule has 0 radical (unpaired) electrons. The number of hydrogen-bond donors (Lipinski definition) is 1. The molecule has 1 aliphatic rings. The first-order valence-corrected chi connectivity index (χ1v) is 5.96. The number of carboxylic acid groups (broad SMARTS) is 1. The second kappa shape index (κ2) is 5.44. The van der Waals surface area contributed by atoms with Crippen molar-refractivity contribution >= 4 is 5.97 Å². The zero-order valence-corrected chi connectivity index (χ0v) is 9.90. The summed E-state index contributed by atoms with van der Waals surface area (Å²) in [7, 11) is 0. The van der Waals surface area contributed by atoms with Gasteiger partial charge in [0, 0.05) is 18.2 Å². The number of likely N-dealkylation sites (tertiary alicyclic amines) is 1. The van der Waals surface area contributed by atoms with Gasteiger partial charge in [0.15, 0.2) is 0 Å². The van der Waals surface area contributed by atoms with Crippen molar-refractivity contribution in [2.75, 3.05) is 6.54 Å². The van der Waals surface area contributed by atoms with E-state index in [9.17, 15) is 13.6 Å². The maximum atomic E-state index is 13.5. The van der Waals surface area contributed by atoms with Gasteiger partial charge >= 0.3 is 5.97 Å². The number of carboxylic acids is 1. The van der Waals surface area contributed by atoms with Crippen LogP contribution in [0, 0.1) is 11.6 Å². The molecule has 1 fully saturated rings. The lowest BCUT2D eigenvalue weighted by Crippen LogP contribution is -2.31. The maximum Gasteiger partial charge on any atom is 0.304 e. The van der Waals surface area contributed by atoms with E-state index < -0.39 is 17.6 Å². The molecule has 0 amide bonds. The Morgan fingerprint density at radius 2 is 2.06 bits per heavy atom. The van der Waals surface area contributed by atoms with E-state index in [-0.39, 0.29) is 24.6 Å². The normalized spacial score (nSPS) is 20.2. The van der Waals surface area contributed by atoms with Crippen LogP contribution in [0.15, 0.2) is 18.2 Å². The highest BCUT2D eigenvalue weighted by molar-refractivity contribution is 5.67. The van der Waals surface area contributed by atoms with Crippen molar-refractivity contribution < 1.29 is 18.7 Å². The van der Waals surface area contributed by atoms with Crippen LogP contribution in [-0.4, -0.2) is 28.6 Å². The first-order valence-electron chi connectivity index (χ1n) is 5.96. The van der Waals surface area contributed by atoms with Gasteiger partial charge in [-0.3, -0.25) is 9.69 Å². The quantitative estimate of drug-likeness (QED) is 0.898. The lowest BCUT2D eigenvalue weighted by atomic mass is 10.1. The highest BCUT2D eigenvalue weighted by Gasteiger charge is 2.27. The molecule has 1 atom stereocenters. The largest absolute Gasteiger partial charge is 0.481 e. The Morgan fingerprint density at radius 1 is 1.39 bits per heavy atom. The number of rotatable bonds is 4. The molecule has 3 nitrogen and oxygen atoms in total. The highest BCUT2D eigenvalue weighted by Crippen LogP contribution is 2.24. The summed E-state index contributed by atoms with van der Waals surface area (Å²) >= 11 is 0. The molecular formula is C13H15F2NO2. The van der Waals surface area contributed by atoms with Crippen LogP contribution < -0.4 is 0 Å². The standard InChI is InChI=1S/C13H15F2NO2/c14-11-4-1-5-12(15)10(11)8-16-6-2-3-9(16)7-13(17)18/h1,4-5,9H,2-3,6-8H2,(H,17,18). The summed E-state index contributed by atoms with van der Waals surface area (Å²) in [6.45, 7) is 0.822. The molecule has 18 heavy (non-hydrogen) atoms. The third kappa shape index (κ3) is 2.85. The van der Waals surface area contributed by atoms with Crippen LogP contribution in [0.3, 0.4) is 0 Å². The van der Waals surface area contributed by atoms with Crippen molar-refractivity contribution in [1.82, 2.24) is 4.90 Å². The summed E-state index contributed by atoms with van der Waals surface area (Å²) < 4.78 is 27.0. The van der Waals surface area contributed by atoms with Crippen molar-refractivity contribution in [2.24, 2.45) is 0 Å². The van der Waals surface area contributed by atoms with Crippen LogP contribution in [0.2, 0.25) is 0 Å². The number of benzene rings is 1. The average Bonchev–Trinajstić information content (AvgIpc) is 2.70. The minimum Gasteiger partial charge on any atom is -0.481 e. The van der Waals surface area contributed by atoms with E-state index in [1.54, 1.807) is 0 Å². The van der Waals surface area contributed by atoms with Crippen LogP contribution in [0.5, 0.6) is 0 Å². The van der Waals surface area contributed by atoms with Crippen LogP contribution in [0.4, 0.5) is 8.78 Å². The van der Waals surface area contributed by atoms with E-state index in [2.05, 4.69) is 0 Å². The zero-order valence-electron chi connectivity index (χ0n) is 9.90. The molecule has 1 N–H and O–H groups in total. The molecule has 0 bridgehead atoms. The average molecular weight is 255 g/mol. The molecule has 2 rings (SSSR count). The van der Waals surface area contributed by atoms with Crippen molar-refractivity contribution in [1.29, 1.82) is 0 Å². The van der Waals surface area contributed by atoms with Crippen molar-refractivity contribution in [3.63, 3.8) is 0 Å². The SMILES string of the molecule is O=C(O)CC1CCCN1Cc1c(F)cccc1F. The van der Waals surface area contributed by atoms with Crippen LogP contribution in [0.1, 0.15) is 24.8 Å². The molecule has 1 aromatic carbocycles. The van der Waals surface area contributed by atoms with Gasteiger partial charge in [0.2, 0.25) is 0 Å². The van der Waals surface area contributed by atoms with Gasteiger partial charge in [0.1, 0.15) is 11.6 Å². The Morgan fingerprint density at radius 3 is 2.67 bits per heavy atom. The molecule has 1 heterocycles. The molecule has 1 aliphatic heterocycles. The van der Waals surface area contributed by atoms with Gasteiger partial charge in [-0.1, -0.05) is 6.07 Å². The van der Waals surface area contributed by atoms with Gasteiger partial charge in [-0.2, -0.15) is 0 Å². The van der Waals surface area contributed by atoms with Gasteiger partial charge in [-0.05, 0) is 31.5 Å². The molecular weight excluding hydrogens is 240 g/mol. The molecule has 98 valence electrons. The van der Waals surface area contributed by atoms with Crippen LogP contribution in [0.25, 0.3) is 0 Å². The summed E-state index contributed by atoms with van der Waals surface area (Å²) in [4.78, 5) is 12.6. The summed E-state index contributed by atoms with van der Waals surface area (Å²) in [5.74, 6) is -2.02. The molecule has 5 heteroatoms. The predicted molar refractivity (Wildman–Crippen MR) is 62.0 cm³/mol. The summed E-state index contributed by atoms with van der Waals surface area (Å²) in [6.07, 6.45) is 1.66. The molecule has 0 saturated carbocycles. The molecule has 0 aromatic heterocycles. The topological polar surface area (TPSA) is 40.5 Å². The van der Waals surface area contributed by atoms with Gasteiger partial charge < -0.3 is 5.11 Å². The minimum atomic E-state index is -0.874. The van der Waals surface area contributed by atoms with Gasteiger partial charge in [-0.15, -0.1) is 0 Å². The number of halogens is 2. The molecule has 0 spiro atoms. The number of carbonyl (C=O) groups is 1. The second-order valence-corrected chi connectivity index (χ2v) is 4.56. The molecule has 1 saturated heterocycles. The fourth-order valence-corrected chi connectivity index (χ4v) is 2.42. The van der Waals surface area contributed by atoms with E-state index in [1.165, 1.54) is 18.2 Å². The Bertz CT molecular complexity index is 430. The lowest BCUT2D eigenvalue weighted by molar-refractivity contribution is -0.138. The fourth-order valence-electron chi connectivity index (χ4n) is 2.42. The van der Waals surface area contributed by atoms with E-state index in [0.29, 0.717) is 6.54 Å². The highest BCUT2D eigenvalue weighted by atomic mass is 19.1. The first-order chi connectivity index (χ1) is 8.58. The fraction of sp³-hybridized carbons (Fsp3) is 0.462. The van der Waals surface area contributed by atoms with Gasteiger partial charge in [0.25, 0.3) is 0 Å². The number of nitrogens with zero attached hydrogens (tertiary/aromatic N) is 1. The second-order valence-electron chi connectivity index (χ2n) is 4.56. The lowest BCUT2D eigenvalue weighted by Gasteiger charge is -2.23. The van der Waals surface area contributed by atoms with E-state index in [4.69, 9.17) is 5.11 Å². The molecule has 1 aromatic rings. The summed E-state index contributed by atoms with van der Waals surface area (Å²) in [5, 5.41) is 8.79. The van der Waals surface area contributed by atoms with Crippen LogP contribution in [-0.2, 0) is 11.3 Å². The summed E-state index contributed by atoms with van der Waals surface area (Å²) in [6, 6.07) is 3.65. The zero-order chi connectivity index (χ0) is 13.1.